The summed E-state index contributed by atoms with van der Waals surface area (Å²) >= 11 is 0. The number of fused-ring (bicyclic) bond motifs is 1. The third kappa shape index (κ3) is 4.85. The molecule has 1 amide bonds. The minimum Gasteiger partial charge on any atom is -0.349 e. The predicted octanol–water partition coefficient (Wildman–Crippen LogP) is 5.74. The molecule has 5 rings (SSSR count). The third-order valence-corrected chi connectivity index (χ3v) is 6.53. The quantitative estimate of drug-likeness (QED) is 0.419. The number of aromatic nitrogens is 1. The molecular weight excluding hydrogens is 425 g/mol. The molecule has 3 aromatic carbocycles. The van der Waals surface area contributed by atoms with Crippen molar-refractivity contribution in [3.63, 3.8) is 0 Å². The Bertz CT molecular complexity index is 1310. The summed E-state index contributed by atoms with van der Waals surface area (Å²) in [5, 5.41) is 4.03. The molecule has 2 heterocycles. The number of hydrogen-bond donors (Lipinski definition) is 1. The van der Waals surface area contributed by atoms with Crippen LogP contribution in [0.5, 0.6) is 0 Å². The van der Waals surface area contributed by atoms with E-state index in [9.17, 15) is 9.18 Å². The van der Waals surface area contributed by atoms with Gasteiger partial charge in [0.05, 0.1) is 16.8 Å². The first-order chi connectivity index (χ1) is 16.6. The summed E-state index contributed by atoms with van der Waals surface area (Å²) in [4.78, 5) is 20.5. The highest BCUT2D eigenvalue weighted by Gasteiger charge is 2.23. The van der Waals surface area contributed by atoms with Crippen LogP contribution in [0.25, 0.3) is 22.2 Å². The minimum absolute atomic E-state index is 0.115. The number of carbonyl (C=O) groups excluding carboxylic acids is 1. The molecule has 0 saturated carbocycles. The average Bonchev–Trinajstić information content (AvgIpc) is 2.85. The van der Waals surface area contributed by atoms with Crippen LogP contribution in [0.1, 0.15) is 34.3 Å². The predicted molar refractivity (Wildman–Crippen MR) is 134 cm³/mol. The first kappa shape index (κ1) is 22.2. The van der Waals surface area contributed by atoms with Crippen molar-refractivity contribution in [1.82, 2.24) is 15.2 Å². The highest BCUT2D eigenvalue weighted by molar-refractivity contribution is 6.07. The summed E-state index contributed by atoms with van der Waals surface area (Å²) in [5.74, 6) is -0.476. The number of likely N-dealkylation sites (tertiary alicyclic amines) is 1. The van der Waals surface area contributed by atoms with Crippen molar-refractivity contribution in [2.45, 2.75) is 32.4 Å². The number of benzene rings is 3. The molecule has 1 aromatic heterocycles. The Labute approximate surface area is 199 Å². The van der Waals surface area contributed by atoms with Crippen molar-refractivity contribution in [3.8, 4) is 11.3 Å². The number of pyridine rings is 1. The molecule has 0 bridgehead atoms. The highest BCUT2D eigenvalue weighted by Crippen LogP contribution is 2.28. The molecule has 4 nitrogen and oxygen atoms in total. The van der Waals surface area contributed by atoms with Gasteiger partial charge in [0.2, 0.25) is 0 Å². The van der Waals surface area contributed by atoms with Crippen molar-refractivity contribution in [3.05, 3.63) is 101 Å². The molecule has 0 atom stereocenters. The van der Waals surface area contributed by atoms with E-state index in [1.807, 2.05) is 31.2 Å². The lowest BCUT2D eigenvalue weighted by Gasteiger charge is -2.32. The van der Waals surface area contributed by atoms with Gasteiger partial charge in [-0.25, -0.2) is 9.37 Å². The van der Waals surface area contributed by atoms with Gasteiger partial charge >= 0.3 is 0 Å². The number of rotatable bonds is 5. The zero-order valence-electron chi connectivity index (χ0n) is 19.3. The monoisotopic (exact) mass is 453 g/mol. The van der Waals surface area contributed by atoms with Crippen LogP contribution in [-0.4, -0.2) is 34.9 Å². The second-order valence-electron chi connectivity index (χ2n) is 9.06. The smallest absolute Gasteiger partial charge is 0.252 e. The molecular formula is C29H28FN3O. The van der Waals surface area contributed by atoms with E-state index in [0.717, 1.165) is 43.4 Å². The van der Waals surface area contributed by atoms with Crippen LogP contribution in [0.2, 0.25) is 0 Å². The van der Waals surface area contributed by atoms with Gasteiger partial charge in [0, 0.05) is 36.6 Å². The van der Waals surface area contributed by atoms with Gasteiger partial charge in [-0.05, 0) is 55.7 Å². The first-order valence-electron chi connectivity index (χ1n) is 11.8. The van der Waals surface area contributed by atoms with Gasteiger partial charge in [-0.2, -0.15) is 0 Å². The molecule has 0 unspecified atom stereocenters. The normalized spacial score (nSPS) is 14.9. The van der Waals surface area contributed by atoms with Crippen LogP contribution >= 0.6 is 0 Å². The molecule has 1 saturated heterocycles. The van der Waals surface area contributed by atoms with Crippen LogP contribution in [0.15, 0.2) is 78.9 Å². The average molecular weight is 454 g/mol. The standard InChI is InChI=1S/C29H28FN3O/c1-20-11-12-27-24(17-20)25(18-28(32-27)23-9-5-6-10-26(23)30)29(34)31-22-13-15-33(16-14-22)19-21-7-3-2-4-8-21/h2-12,17-18,22H,13-16,19H2,1H3,(H,31,34). The van der Waals surface area contributed by atoms with Gasteiger partial charge in [0.25, 0.3) is 5.91 Å². The fourth-order valence-corrected chi connectivity index (χ4v) is 4.67. The van der Waals surface area contributed by atoms with Crippen molar-refractivity contribution in [2.75, 3.05) is 13.1 Å². The summed E-state index contributed by atoms with van der Waals surface area (Å²) < 4.78 is 14.5. The summed E-state index contributed by atoms with van der Waals surface area (Å²) in [5.41, 5.74) is 4.46. The summed E-state index contributed by atoms with van der Waals surface area (Å²) in [6.45, 7) is 4.81. The topological polar surface area (TPSA) is 45.2 Å². The Hall–Kier alpha value is -3.57. The molecule has 5 heteroatoms. The van der Waals surface area contributed by atoms with Crippen molar-refractivity contribution in [1.29, 1.82) is 0 Å². The molecule has 34 heavy (non-hydrogen) atoms. The minimum atomic E-state index is -0.349. The van der Waals surface area contributed by atoms with E-state index in [2.05, 4.69) is 39.5 Å². The van der Waals surface area contributed by atoms with E-state index in [4.69, 9.17) is 0 Å². The van der Waals surface area contributed by atoms with Crippen LogP contribution in [-0.2, 0) is 6.54 Å². The number of piperidine rings is 1. The van der Waals surface area contributed by atoms with Crippen molar-refractivity contribution in [2.24, 2.45) is 0 Å². The Balaban J connectivity index is 1.35. The zero-order valence-corrected chi connectivity index (χ0v) is 19.3. The SMILES string of the molecule is Cc1ccc2nc(-c3ccccc3F)cc(C(=O)NC3CCN(Cc4ccccc4)CC3)c2c1. The number of amides is 1. The molecule has 1 fully saturated rings. The number of nitrogens with zero attached hydrogens (tertiary/aromatic N) is 2. The maximum atomic E-state index is 14.5. The van der Waals surface area contributed by atoms with Crippen LogP contribution in [0, 0.1) is 12.7 Å². The summed E-state index contributed by atoms with van der Waals surface area (Å²) in [7, 11) is 0. The van der Waals surface area contributed by atoms with Gasteiger partial charge in [-0.1, -0.05) is 54.1 Å². The molecule has 1 aliphatic heterocycles. The van der Waals surface area contributed by atoms with Gasteiger partial charge < -0.3 is 5.32 Å². The molecule has 1 N–H and O–H groups in total. The number of halogens is 1. The van der Waals surface area contributed by atoms with E-state index in [1.54, 1.807) is 24.3 Å². The molecule has 4 aromatic rings. The molecule has 0 radical (unpaired) electrons. The lowest BCUT2D eigenvalue weighted by Crippen LogP contribution is -2.44. The Morgan fingerprint density at radius 1 is 1.00 bits per heavy atom. The van der Waals surface area contributed by atoms with Gasteiger partial charge in [-0.3, -0.25) is 9.69 Å². The van der Waals surface area contributed by atoms with E-state index >= 15 is 0 Å². The van der Waals surface area contributed by atoms with E-state index in [-0.39, 0.29) is 17.8 Å². The van der Waals surface area contributed by atoms with E-state index < -0.39 is 0 Å². The molecule has 1 aliphatic rings. The van der Waals surface area contributed by atoms with Crippen LogP contribution in [0.3, 0.4) is 0 Å². The number of carbonyl (C=O) groups is 1. The number of aryl methyl sites for hydroxylation is 1. The van der Waals surface area contributed by atoms with E-state index in [1.165, 1.54) is 11.6 Å². The van der Waals surface area contributed by atoms with Gasteiger partial charge in [0.1, 0.15) is 5.82 Å². The molecule has 0 spiro atoms. The third-order valence-electron chi connectivity index (χ3n) is 6.53. The van der Waals surface area contributed by atoms with Gasteiger partial charge in [-0.15, -0.1) is 0 Å². The second-order valence-corrected chi connectivity index (χ2v) is 9.06. The molecule has 172 valence electrons. The highest BCUT2D eigenvalue weighted by atomic mass is 19.1. The lowest BCUT2D eigenvalue weighted by molar-refractivity contribution is 0.0910. The Morgan fingerprint density at radius 2 is 1.74 bits per heavy atom. The Morgan fingerprint density at radius 3 is 2.50 bits per heavy atom. The van der Waals surface area contributed by atoms with Crippen molar-refractivity contribution < 1.29 is 9.18 Å². The van der Waals surface area contributed by atoms with E-state index in [0.29, 0.717) is 22.3 Å². The fourth-order valence-electron chi connectivity index (χ4n) is 4.67. The maximum absolute atomic E-state index is 14.5. The summed E-state index contributed by atoms with van der Waals surface area (Å²) in [6, 6.07) is 24.7. The van der Waals surface area contributed by atoms with Gasteiger partial charge in [0.15, 0.2) is 0 Å². The largest absolute Gasteiger partial charge is 0.349 e. The van der Waals surface area contributed by atoms with Crippen LogP contribution < -0.4 is 5.32 Å². The Kier molecular flexibility index (Phi) is 6.37. The van der Waals surface area contributed by atoms with Crippen molar-refractivity contribution >= 4 is 16.8 Å². The molecule has 0 aliphatic carbocycles. The van der Waals surface area contributed by atoms with Crippen LogP contribution in [0.4, 0.5) is 4.39 Å². The maximum Gasteiger partial charge on any atom is 0.252 e. The second kappa shape index (κ2) is 9.74. The summed E-state index contributed by atoms with van der Waals surface area (Å²) in [6.07, 6.45) is 1.81. The number of nitrogens with one attached hydrogen (secondary N) is 1. The fraction of sp³-hybridized carbons (Fsp3) is 0.241. The lowest BCUT2D eigenvalue weighted by atomic mass is 10.00. The number of hydrogen-bond acceptors (Lipinski definition) is 3. The first-order valence-corrected chi connectivity index (χ1v) is 11.8. The zero-order chi connectivity index (χ0) is 23.5.